The average molecular weight is 320 g/mol. The van der Waals surface area contributed by atoms with Crippen molar-refractivity contribution in [2.75, 3.05) is 6.61 Å². The normalized spacial score (nSPS) is 13.7. The molecule has 0 fully saturated rings. The van der Waals surface area contributed by atoms with Gasteiger partial charge in [-0.3, -0.25) is 0 Å². The molecule has 2 unspecified atom stereocenters. The first-order valence-corrected chi connectivity index (χ1v) is 8.28. The van der Waals surface area contributed by atoms with Crippen molar-refractivity contribution in [3.05, 3.63) is 54.1 Å². The second kappa shape index (κ2) is 7.61. The summed E-state index contributed by atoms with van der Waals surface area (Å²) in [6.07, 6.45) is 5.63. The first-order valence-electron chi connectivity index (χ1n) is 6.99. The van der Waals surface area contributed by atoms with Gasteiger partial charge in [0.05, 0.1) is 18.2 Å². The molecule has 0 saturated heterocycles. The maximum Gasteiger partial charge on any atom is 0.220 e. The molecule has 0 spiro atoms. The Balaban J connectivity index is 2.25. The van der Waals surface area contributed by atoms with Crippen LogP contribution in [-0.2, 0) is 4.74 Å². The minimum absolute atomic E-state index is 0.193. The Hall–Kier alpha value is -1.33. The third kappa shape index (κ3) is 4.32. The summed E-state index contributed by atoms with van der Waals surface area (Å²) in [5.74, 6) is 0. The van der Waals surface area contributed by atoms with Crippen LogP contribution in [0.3, 0.4) is 0 Å². The van der Waals surface area contributed by atoms with Crippen molar-refractivity contribution in [3.8, 4) is 0 Å². The van der Waals surface area contributed by atoms with Crippen molar-refractivity contribution < 1.29 is 4.74 Å². The summed E-state index contributed by atoms with van der Waals surface area (Å²) in [6.45, 7) is 6.82. The van der Waals surface area contributed by atoms with Crippen LogP contribution in [-0.4, -0.2) is 20.5 Å². The largest absolute Gasteiger partial charge is 0.479 e. The van der Waals surface area contributed by atoms with Crippen LogP contribution in [0.4, 0.5) is 0 Å². The Kier molecular flexibility index (Phi) is 5.82. The van der Waals surface area contributed by atoms with E-state index in [1.165, 1.54) is 11.1 Å². The number of aryl methyl sites for hydroxylation is 1. The highest BCUT2D eigenvalue weighted by molar-refractivity contribution is 8.22. The lowest BCUT2D eigenvalue weighted by Gasteiger charge is -2.25. The van der Waals surface area contributed by atoms with Gasteiger partial charge in [0.1, 0.15) is 0 Å². The molecule has 1 aromatic carbocycles. The van der Waals surface area contributed by atoms with E-state index in [1.54, 1.807) is 18.0 Å². The van der Waals surface area contributed by atoms with E-state index in [0.29, 0.717) is 11.0 Å². The number of ether oxygens (including phenoxy) is 1. The van der Waals surface area contributed by atoms with Crippen LogP contribution in [0, 0.1) is 6.92 Å². The van der Waals surface area contributed by atoms with Gasteiger partial charge in [0.15, 0.2) is 0 Å². The molecular formula is C16H20N2OS2. The smallest absolute Gasteiger partial charge is 0.220 e. The number of imidazole rings is 1. The molecule has 112 valence electrons. The topological polar surface area (TPSA) is 27.1 Å². The monoisotopic (exact) mass is 320 g/mol. The zero-order valence-corrected chi connectivity index (χ0v) is 14.2. The van der Waals surface area contributed by atoms with Gasteiger partial charge >= 0.3 is 0 Å². The Bertz CT molecular complexity index is 566. The quantitative estimate of drug-likeness (QED) is 0.755. The van der Waals surface area contributed by atoms with E-state index in [1.807, 2.05) is 19.4 Å². The molecule has 0 aliphatic rings. The van der Waals surface area contributed by atoms with Crippen molar-refractivity contribution in [2.24, 2.45) is 0 Å². The number of thiocarbonyl (C=S) groups is 1. The minimum atomic E-state index is 0.193. The fraction of sp³-hybridized carbons (Fsp3) is 0.375. The van der Waals surface area contributed by atoms with Gasteiger partial charge in [0, 0.05) is 18.4 Å². The molecule has 21 heavy (non-hydrogen) atoms. The van der Waals surface area contributed by atoms with Gasteiger partial charge < -0.3 is 9.30 Å². The number of nitrogens with zero attached hydrogens (tertiary/aromatic N) is 2. The zero-order valence-electron chi connectivity index (χ0n) is 12.5. The van der Waals surface area contributed by atoms with Crippen molar-refractivity contribution in [1.29, 1.82) is 0 Å². The summed E-state index contributed by atoms with van der Waals surface area (Å²) < 4.78 is 8.15. The number of hydrogen-bond donors (Lipinski definition) is 0. The highest BCUT2D eigenvalue weighted by Crippen LogP contribution is 2.39. The lowest BCUT2D eigenvalue weighted by Crippen LogP contribution is -2.14. The Labute approximate surface area is 135 Å². The van der Waals surface area contributed by atoms with Gasteiger partial charge in [0.2, 0.25) is 4.38 Å². The highest BCUT2D eigenvalue weighted by atomic mass is 32.2. The summed E-state index contributed by atoms with van der Waals surface area (Å²) in [4.78, 5) is 4.14. The molecular weight excluding hydrogens is 300 g/mol. The van der Waals surface area contributed by atoms with Crippen molar-refractivity contribution in [1.82, 2.24) is 9.55 Å². The SMILES string of the molecule is CCOC(=S)SC(c1ccc(C)cc1)C(C)n1ccnc1. The summed E-state index contributed by atoms with van der Waals surface area (Å²) in [5.41, 5.74) is 2.50. The van der Waals surface area contributed by atoms with E-state index in [0.717, 1.165) is 0 Å². The van der Waals surface area contributed by atoms with Crippen molar-refractivity contribution >= 4 is 28.4 Å². The molecule has 2 atom stereocenters. The van der Waals surface area contributed by atoms with Gasteiger partial charge in [-0.1, -0.05) is 41.6 Å². The lowest BCUT2D eigenvalue weighted by atomic mass is 10.0. The molecule has 5 heteroatoms. The summed E-state index contributed by atoms with van der Waals surface area (Å²) >= 11 is 6.91. The van der Waals surface area contributed by atoms with Gasteiger partial charge in [0.25, 0.3) is 0 Å². The van der Waals surface area contributed by atoms with E-state index in [2.05, 4.69) is 47.7 Å². The van der Waals surface area contributed by atoms with Crippen molar-refractivity contribution in [2.45, 2.75) is 32.1 Å². The van der Waals surface area contributed by atoms with Crippen LogP contribution in [0.2, 0.25) is 0 Å². The van der Waals surface area contributed by atoms with Gasteiger partial charge in [-0.2, -0.15) is 0 Å². The third-order valence-corrected chi connectivity index (χ3v) is 4.96. The molecule has 0 bridgehead atoms. The van der Waals surface area contributed by atoms with Crippen LogP contribution in [0.25, 0.3) is 0 Å². The highest BCUT2D eigenvalue weighted by Gasteiger charge is 2.23. The Morgan fingerprint density at radius 2 is 2.10 bits per heavy atom. The van der Waals surface area contributed by atoms with Crippen LogP contribution >= 0.6 is 24.0 Å². The second-order valence-corrected chi connectivity index (χ2v) is 6.63. The van der Waals surface area contributed by atoms with Crippen LogP contribution in [0.5, 0.6) is 0 Å². The number of benzene rings is 1. The molecule has 0 N–H and O–H groups in total. The maximum atomic E-state index is 5.45. The van der Waals surface area contributed by atoms with Crippen molar-refractivity contribution in [3.63, 3.8) is 0 Å². The van der Waals surface area contributed by atoms with E-state index in [-0.39, 0.29) is 11.3 Å². The average Bonchev–Trinajstić information content (AvgIpc) is 3.00. The van der Waals surface area contributed by atoms with E-state index >= 15 is 0 Å². The fourth-order valence-electron chi connectivity index (χ4n) is 2.12. The predicted molar refractivity (Wildman–Crippen MR) is 92.7 cm³/mol. The molecule has 3 nitrogen and oxygen atoms in total. The molecule has 0 aliphatic heterocycles. The molecule has 0 radical (unpaired) electrons. The maximum absolute atomic E-state index is 5.45. The fourth-order valence-corrected chi connectivity index (χ4v) is 3.58. The van der Waals surface area contributed by atoms with E-state index < -0.39 is 0 Å². The minimum Gasteiger partial charge on any atom is -0.479 e. The number of hydrogen-bond acceptors (Lipinski definition) is 4. The van der Waals surface area contributed by atoms with Crippen LogP contribution in [0.15, 0.2) is 43.0 Å². The molecule has 0 aliphatic carbocycles. The van der Waals surface area contributed by atoms with Crippen LogP contribution < -0.4 is 0 Å². The van der Waals surface area contributed by atoms with E-state index in [9.17, 15) is 0 Å². The second-order valence-electron chi connectivity index (χ2n) is 4.88. The first kappa shape index (κ1) is 16.0. The summed E-state index contributed by atoms with van der Waals surface area (Å²) in [7, 11) is 0. The Morgan fingerprint density at radius 1 is 1.38 bits per heavy atom. The molecule has 0 saturated carbocycles. The third-order valence-electron chi connectivity index (χ3n) is 3.32. The number of thioether (sulfide) groups is 1. The van der Waals surface area contributed by atoms with Gasteiger partial charge in [-0.05, 0) is 38.6 Å². The zero-order chi connectivity index (χ0) is 15.2. The first-order chi connectivity index (χ1) is 10.1. The molecule has 0 amide bonds. The summed E-state index contributed by atoms with van der Waals surface area (Å²) in [5, 5.41) is 0.193. The number of rotatable bonds is 5. The van der Waals surface area contributed by atoms with Crippen LogP contribution in [0.1, 0.15) is 36.3 Å². The number of aromatic nitrogens is 2. The summed E-state index contributed by atoms with van der Waals surface area (Å²) in [6, 6.07) is 8.82. The standard InChI is InChI=1S/C16H20N2OS2/c1-4-19-16(20)21-15(13(3)18-10-9-17-11-18)14-7-5-12(2)6-8-14/h5-11,13,15H,4H2,1-3H3. The molecule has 1 aromatic heterocycles. The van der Waals surface area contributed by atoms with Gasteiger partial charge in [-0.25, -0.2) is 4.98 Å². The van der Waals surface area contributed by atoms with E-state index in [4.69, 9.17) is 17.0 Å². The lowest BCUT2D eigenvalue weighted by molar-refractivity contribution is 0.346. The van der Waals surface area contributed by atoms with Gasteiger partial charge in [-0.15, -0.1) is 0 Å². The predicted octanol–water partition coefficient (Wildman–Crippen LogP) is 4.55. The molecule has 2 aromatic rings. The Morgan fingerprint density at radius 3 is 2.67 bits per heavy atom. The molecule has 1 heterocycles. The molecule has 2 rings (SSSR count).